The number of rotatable bonds is 6. The van der Waals surface area contributed by atoms with Crippen LogP contribution in [0.15, 0.2) is 60.0 Å². The highest BCUT2D eigenvalue weighted by atomic mass is 35.5. The summed E-state index contributed by atoms with van der Waals surface area (Å²) in [6, 6.07) is 6.91. The summed E-state index contributed by atoms with van der Waals surface area (Å²) in [4.78, 5) is 14.7. The number of halogens is 5. The van der Waals surface area contributed by atoms with Gasteiger partial charge in [0.05, 0.1) is 10.6 Å². The van der Waals surface area contributed by atoms with Crippen molar-refractivity contribution in [1.82, 2.24) is 14.8 Å². The molecule has 2 aromatic rings. The Morgan fingerprint density at radius 3 is 2.59 bits per heavy atom. The van der Waals surface area contributed by atoms with Crippen molar-refractivity contribution in [1.29, 1.82) is 0 Å². The summed E-state index contributed by atoms with van der Waals surface area (Å²) in [5, 5.41) is -0.0460. The molecular weight excluding hydrogens is 532 g/mol. The molecule has 0 spiro atoms. The molecule has 2 saturated heterocycles. The van der Waals surface area contributed by atoms with Crippen LogP contribution in [0.2, 0.25) is 5.02 Å². The minimum atomic E-state index is -4.50. The van der Waals surface area contributed by atoms with Gasteiger partial charge in [-0.05, 0) is 61.6 Å². The van der Waals surface area contributed by atoms with Gasteiger partial charge in [0.1, 0.15) is 23.3 Å². The van der Waals surface area contributed by atoms with E-state index in [-0.39, 0.29) is 10.8 Å². The zero-order chi connectivity index (χ0) is 28.2. The number of benzene rings is 1. The molecule has 0 radical (unpaired) electrons. The third-order valence-electron chi connectivity index (χ3n) is 7.21. The number of amidine groups is 1. The Kier molecular flexibility index (Phi) is 9.04. The van der Waals surface area contributed by atoms with E-state index in [9.17, 15) is 17.6 Å². The van der Waals surface area contributed by atoms with E-state index >= 15 is 0 Å². The molecule has 11 heteroatoms. The van der Waals surface area contributed by atoms with Gasteiger partial charge in [0.2, 0.25) is 0 Å². The quantitative estimate of drug-likeness (QED) is 0.259. The first kappa shape index (κ1) is 28.7. The number of piperazine rings is 1. The predicted molar refractivity (Wildman–Crippen MR) is 148 cm³/mol. The summed E-state index contributed by atoms with van der Waals surface area (Å²) in [7, 11) is 0. The number of nitrogens with two attached hydrogens (primary N) is 1. The van der Waals surface area contributed by atoms with Gasteiger partial charge in [0.15, 0.2) is 0 Å². The van der Waals surface area contributed by atoms with Crippen molar-refractivity contribution in [3.8, 4) is 0 Å². The summed E-state index contributed by atoms with van der Waals surface area (Å²) in [6.45, 7) is 8.65. The van der Waals surface area contributed by atoms with Crippen LogP contribution in [-0.2, 0) is 6.18 Å². The summed E-state index contributed by atoms with van der Waals surface area (Å²) < 4.78 is 54.5. The average Bonchev–Trinajstić information content (AvgIpc) is 2.93. The fourth-order valence-electron chi connectivity index (χ4n) is 5.07. The van der Waals surface area contributed by atoms with Gasteiger partial charge in [-0.15, -0.1) is 0 Å². The number of hydrogen-bond donors (Lipinski definition) is 1. The first-order valence-electron chi connectivity index (χ1n) is 13.1. The van der Waals surface area contributed by atoms with Crippen molar-refractivity contribution in [2.45, 2.75) is 44.8 Å². The number of piperidine rings is 1. The molecule has 2 fully saturated rings. The number of aromatic nitrogens is 1. The minimum absolute atomic E-state index is 0.0460. The maximum absolute atomic E-state index is 13.7. The molecule has 0 saturated carbocycles. The standard InChI is InChI=1S/C28H33ClF4N6/c1-3-21-7-4-5-12-39(21)19(2)36-26(18-25(34)20-9-10-24(30)23(29)17-20)37-13-15-38(16-14-37)27-22(28(31,32)33)8-6-11-35-27/h6,8-11,17-18,21H,2-5,7,12-16,34H2,1H3/b25-18-,36-26?. The topological polar surface area (TPSA) is 61.0 Å². The van der Waals surface area contributed by atoms with Crippen molar-refractivity contribution < 1.29 is 17.6 Å². The Morgan fingerprint density at radius 1 is 1.18 bits per heavy atom. The highest BCUT2D eigenvalue weighted by Crippen LogP contribution is 2.35. The monoisotopic (exact) mass is 564 g/mol. The summed E-state index contributed by atoms with van der Waals surface area (Å²) in [6.07, 6.45) is 2.81. The Balaban J connectivity index is 1.61. The molecular formula is C28H33ClF4N6. The molecule has 2 aliphatic heterocycles. The van der Waals surface area contributed by atoms with Crippen LogP contribution in [-0.4, -0.2) is 59.4 Å². The molecule has 0 amide bonds. The lowest BCUT2D eigenvalue weighted by atomic mass is 10.0. The second-order valence-corrected chi connectivity index (χ2v) is 10.1. The number of pyridine rings is 1. The average molecular weight is 565 g/mol. The first-order chi connectivity index (χ1) is 18.6. The molecule has 6 nitrogen and oxygen atoms in total. The van der Waals surface area contributed by atoms with Gasteiger partial charge in [0.25, 0.3) is 0 Å². The first-order valence-corrected chi connectivity index (χ1v) is 13.4. The van der Waals surface area contributed by atoms with Crippen molar-refractivity contribution >= 4 is 29.0 Å². The van der Waals surface area contributed by atoms with E-state index in [1.165, 1.54) is 30.5 Å². The van der Waals surface area contributed by atoms with Gasteiger partial charge in [-0.2, -0.15) is 13.2 Å². The van der Waals surface area contributed by atoms with Crippen LogP contribution < -0.4 is 10.6 Å². The van der Waals surface area contributed by atoms with Crippen LogP contribution in [0.1, 0.15) is 43.7 Å². The normalized spacial score (nSPS) is 19.4. The van der Waals surface area contributed by atoms with Crippen LogP contribution >= 0.6 is 11.6 Å². The van der Waals surface area contributed by atoms with E-state index in [2.05, 4.69) is 23.4 Å². The zero-order valence-electron chi connectivity index (χ0n) is 21.9. The molecule has 2 aliphatic rings. The second-order valence-electron chi connectivity index (χ2n) is 9.71. The molecule has 4 rings (SSSR count). The van der Waals surface area contributed by atoms with E-state index in [0.29, 0.717) is 55.1 Å². The van der Waals surface area contributed by atoms with Crippen LogP contribution in [0.3, 0.4) is 0 Å². The fraction of sp³-hybridized carbons (Fsp3) is 0.429. The van der Waals surface area contributed by atoms with E-state index in [1.807, 2.05) is 4.90 Å². The maximum Gasteiger partial charge on any atom is 0.419 e. The van der Waals surface area contributed by atoms with Gasteiger partial charge in [-0.3, -0.25) is 0 Å². The number of aliphatic imine (C=N–C) groups is 1. The van der Waals surface area contributed by atoms with Gasteiger partial charge < -0.3 is 20.4 Å². The minimum Gasteiger partial charge on any atom is -0.398 e. The van der Waals surface area contributed by atoms with Crippen molar-refractivity contribution in [3.05, 3.63) is 77.0 Å². The largest absolute Gasteiger partial charge is 0.419 e. The smallest absolute Gasteiger partial charge is 0.398 e. The van der Waals surface area contributed by atoms with Gasteiger partial charge in [0, 0.05) is 56.7 Å². The van der Waals surface area contributed by atoms with E-state index in [0.717, 1.165) is 38.3 Å². The number of alkyl halides is 3. The molecule has 1 atom stereocenters. The molecule has 1 aromatic heterocycles. The molecule has 0 bridgehead atoms. The van der Waals surface area contributed by atoms with Crippen LogP contribution in [0.4, 0.5) is 23.4 Å². The Morgan fingerprint density at radius 2 is 1.92 bits per heavy atom. The Labute approximate surface area is 231 Å². The van der Waals surface area contributed by atoms with E-state index < -0.39 is 17.6 Å². The molecule has 210 valence electrons. The van der Waals surface area contributed by atoms with E-state index in [4.69, 9.17) is 22.3 Å². The van der Waals surface area contributed by atoms with Crippen LogP contribution in [0.5, 0.6) is 0 Å². The highest BCUT2D eigenvalue weighted by Gasteiger charge is 2.36. The van der Waals surface area contributed by atoms with Crippen LogP contribution in [0.25, 0.3) is 5.70 Å². The second kappa shape index (κ2) is 12.3. The molecule has 1 aromatic carbocycles. The third-order valence-corrected chi connectivity index (χ3v) is 7.50. The molecule has 0 aliphatic carbocycles. The number of anilines is 1. The fourth-order valence-corrected chi connectivity index (χ4v) is 5.25. The van der Waals surface area contributed by atoms with Crippen molar-refractivity contribution in [3.63, 3.8) is 0 Å². The summed E-state index contributed by atoms with van der Waals surface area (Å²) >= 11 is 5.97. The van der Waals surface area contributed by atoms with Crippen LogP contribution in [0, 0.1) is 5.82 Å². The Bertz CT molecular complexity index is 1240. The highest BCUT2D eigenvalue weighted by molar-refractivity contribution is 6.30. The SMILES string of the molecule is C=C(N=C(/C=C(\N)c1ccc(F)c(Cl)c1)N1CCN(c2ncccc2C(F)(F)F)CC1)N1CCCCC1CC. The number of hydrogen-bond acceptors (Lipinski definition) is 5. The van der Waals surface area contributed by atoms with Gasteiger partial charge in [-0.1, -0.05) is 25.1 Å². The summed E-state index contributed by atoms with van der Waals surface area (Å²) in [5.41, 5.74) is 6.51. The molecule has 2 N–H and O–H groups in total. The van der Waals surface area contributed by atoms with Gasteiger partial charge >= 0.3 is 6.18 Å². The third kappa shape index (κ3) is 6.84. The summed E-state index contributed by atoms with van der Waals surface area (Å²) in [5.74, 6) is 0.525. The lowest BCUT2D eigenvalue weighted by Crippen LogP contribution is -2.49. The maximum atomic E-state index is 13.7. The lowest BCUT2D eigenvalue weighted by molar-refractivity contribution is -0.137. The number of nitrogens with zero attached hydrogens (tertiary/aromatic N) is 5. The van der Waals surface area contributed by atoms with Gasteiger partial charge in [-0.25, -0.2) is 14.4 Å². The number of likely N-dealkylation sites (tertiary alicyclic amines) is 1. The predicted octanol–water partition coefficient (Wildman–Crippen LogP) is 6.15. The van der Waals surface area contributed by atoms with Crippen molar-refractivity contribution in [2.24, 2.45) is 10.7 Å². The lowest BCUT2D eigenvalue weighted by Gasteiger charge is -2.39. The van der Waals surface area contributed by atoms with Crippen molar-refractivity contribution in [2.75, 3.05) is 37.6 Å². The molecule has 3 heterocycles. The van der Waals surface area contributed by atoms with E-state index in [1.54, 1.807) is 11.0 Å². The molecule has 39 heavy (non-hydrogen) atoms. The zero-order valence-corrected chi connectivity index (χ0v) is 22.6. The molecule has 1 unspecified atom stereocenters. The Hall–Kier alpha value is -3.27.